The van der Waals surface area contributed by atoms with E-state index in [1.54, 1.807) is 12.1 Å². The summed E-state index contributed by atoms with van der Waals surface area (Å²) in [5.41, 5.74) is 0.240. The molecule has 0 N–H and O–H groups in total. The molecule has 2 aromatic rings. The molecule has 0 amide bonds. The van der Waals surface area contributed by atoms with Crippen LogP contribution in [-0.4, -0.2) is 11.6 Å². The van der Waals surface area contributed by atoms with E-state index in [-0.39, 0.29) is 34.3 Å². The predicted octanol–water partition coefficient (Wildman–Crippen LogP) is 4.04. The Hall–Kier alpha value is -1.58. The topological polar surface area (TPSA) is 47.3 Å². The van der Waals surface area contributed by atoms with Gasteiger partial charge in [-0.05, 0) is 30.3 Å². The van der Waals surface area contributed by atoms with Crippen molar-refractivity contribution >= 4 is 34.8 Å². The van der Waals surface area contributed by atoms with Gasteiger partial charge in [0.25, 0.3) is 0 Å². The maximum Gasteiger partial charge on any atom is 0.205 e. The van der Waals surface area contributed by atoms with Crippen LogP contribution in [-0.2, 0) is 0 Å². The average molecular weight is 283 g/mol. The summed E-state index contributed by atoms with van der Waals surface area (Å²) in [6, 6.07) is 7.64. The van der Waals surface area contributed by atoms with Crippen molar-refractivity contribution in [2.75, 3.05) is 0 Å². The minimum Gasteiger partial charge on any atom is -0.461 e. The van der Waals surface area contributed by atoms with Crippen LogP contribution in [0.4, 0.5) is 0 Å². The van der Waals surface area contributed by atoms with Crippen LogP contribution >= 0.6 is 23.2 Å². The van der Waals surface area contributed by atoms with Crippen molar-refractivity contribution < 1.29 is 14.0 Å². The largest absolute Gasteiger partial charge is 0.461 e. The Kier molecular flexibility index (Phi) is 3.84. The van der Waals surface area contributed by atoms with Gasteiger partial charge in [-0.3, -0.25) is 9.59 Å². The highest BCUT2D eigenvalue weighted by molar-refractivity contribution is 6.36. The monoisotopic (exact) mass is 282 g/mol. The highest BCUT2D eigenvalue weighted by Gasteiger charge is 2.18. The van der Waals surface area contributed by atoms with Gasteiger partial charge in [-0.2, -0.15) is 0 Å². The molecule has 0 unspecified atom stereocenters. The van der Waals surface area contributed by atoms with Crippen molar-refractivity contribution in [1.82, 2.24) is 0 Å². The molecule has 0 atom stereocenters. The predicted molar refractivity (Wildman–Crippen MR) is 68.4 cm³/mol. The lowest BCUT2D eigenvalue weighted by Gasteiger charge is -2.02. The van der Waals surface area contributed by atoms with E-state index in [1.807, 2.05) is 0 Å². The number of benzene rings is 1. The molecule has 1 aromatic carbocycles. The molecule has 0 aliphatic heterocycles. The molecule has 0 fully saturated rings. The molecule has 0 spiro atoms. The van der Waals surface area contributed by atoms with Crippen LogP contribution in [0, 0.1) is 0 Å². The van der Waals surface area contributed by atoms with Crippen molar-refractivity contribution in [1.29, 1.82) is 0 Å². The highest BCUT2D eigenvalue weighted by Crippen LogP contribution is 2.22. The van der Waals surface area contributed by atoms with Crippen LogP contribution in [0.2, 0.25) is 10.0 Å². The van der Waals surface area contributed by atoms with Crippen LogP contribution < -0.4 is 0 Å². The van der Waals surface area contributed by atoms with Gasteiger partial charge >= 0.3 is 0 Å². The molecular formula is C13H8Cl2O3. The zero-order valence-electron chi connectivity index (χ0n) is 9.15. The number of rotatable bonds is 4. The maximum atomic E-state index is 11.9. The fourth-order valence-corrected chi connectivity index (χ4v) is 1.87. The highest BCUT2D eigenvalue weighted by atomic mass is 35.5. The zero-order valence-corrected chi connectivity index (χ0v) is 10.7. The lowest BCUT2D eigenvalue weighted by atomic mass is 10.1. The van der Waals surface area contributed by atoms with E-state index < -0.39 is 0 Å². The summed E-state index contributed by atoms with van der Waals surface area (Å²) in [4.78, 5) is 23.6. The molecule has 0 saturated carbocycles. The minimum atomic E-state index is -0.388. The van der Waals surface area contributed by atoms with E-state index in [0.717, 1.165) is 0 Å². The zero-order chi connectivity index (χ0) is 13.1. The van der Waals surface area contributed by atoms with Crippen molar-refractivity contribution in [3.05, 3.63) is 58.0 Å². The number of carbonyl (C=O) groups excluding carboxylic acids is 2. The first-order valence-electron chi connectivity index (χ1n) is 5.13. The molecule has 2 rings (SSSR count). The molecular weight excluding hydrogens is 275 g/mol. The number of hydrogen-bond donors (Lipinski definition) is 0. The normalized spacial score (nSPS) is 10.3. The fourth-order valence-electron chi connectivity index (χ4n) is 1.48. The van der Waals surface area contributed by atoms with E-state index in [0.29, 0.717) is 5.02 Å². The molecule has 0 bridgehead atoms. The van der Waals surface area contributed by atoms with Crippen LogP contribution in [0.3, 0.4) is 0 Å². The third-order valence-electron chi connectivity index (χ3n) is 2.35. The van der Waals surface area contributed by atoms with Crippen LogP contribution in [0.15, 0.2) is 41.0 Å². The Labute approximate surface area is 113 Å². The number of Topliss-reactive ketones (excluding diaryl/α,β-unsaturated/α-hetero) is 2. The third kappa shape index (κ3) is 2.81. The van der Waals surface area contributed by atoms with Crippen molar-refractivity contribution in [2.45, 2.75) is 6.42 Å². The summed E-state index contributed by atoms with van der Waals surface area (Å²) < 4.78 is 4.93. The summed E-state index contributed by atoms with van der Waals surface area (Å²) in [5.74, 6) is -0.619. The first-order valence-corrected chi connectivity index (χ1v) is 5.88. The Balaban J connectivity index is 2.17. The molecule has 1 heterocycles. The molecule has 1 aromatic heterocycles. The molecule has 18 heavy (non-hydrogen) atoms. The van der Waals surface area contributed by atoms with E-state index in [1.165, 1.54) is 24.5 Å². The van der Waals surface area contributed by atoms with Gasteiger partial charge in [-0.1, -0.05) is 23.2 Å². The van der Waals surface area contributed by atoms with Crippen LogP contribution in [0.1, 0.15) is 27.3 Å². The Morgan fingerprint density at radius 2 is 1.89 bits per heavy atom. The minimum absolute atomic E-state index is 0.154. The molecule has 0 aliphatic carbocycles. The summed E-state index contributed by atoms with van der Waals surface area (Å²) in [7, 11) is 0. The Bertz CT molecular complexity index is 588. The van der Waals surface area contributed by atoms with Gasteiger partial charge in [0, 0.05) is 10.6 Å². The average Bonchev–Trinajstić information content (AvgIpc) is 2.85. The molecule has 5 heteroatoms. The number of carbonyl (C=O) groups is 2. The molecule has 0 saturated heterocycles. The second-order valence-electron chi connectivity index (χ2n) is 3.62. The maximum absolute atomic E-state index is 11.9. The second-order valence-corrected chi connectivity index (χ2v) is 4.47. The van der Waals surface area contributed by atoms with E-state index in [4.69, 9.17) is 27.6 Å². The van der Waals surface area contributed by atoms with Crippen molar-refractivity contribution in [3.8, 4) is 0 Å². The van der Waals surface area contributed by atoms with Gasteiger partial charge in [0.05, 0.1) is 17.7 Å². The first kappa shape index (κ1) is 12.9. The van der Waals surface area contributed by atoms with Gasteiger partial charge in [0.15, 0.2) is 11.5 Å². The third-order valence-corrected chi connectivity index (χ3v) is 2.91. The van der Waals surface area contributed by atoms with Crippen molar-refractivity contribution in [2.24, 2.45) is 0 Å². The van der Waals surface area contributed by atoms with Crippen LogP contribution in [0.25, 0.3) is 0 Å². The fraction of sp³-hybridized carbons (Fsp3) is 0.0769. The van der Waals surface area contributed by atoms with Crippen molar-refractivity contribution in [3.63, 3.8) is 0 Å². The molecule has 0 radical (unpaired) electrons. The molecule has 92 valence electrons. The SMILES string of the molecule is O=C(CC(=O)c1cc(Cl)ccc1Cl)c1ccco1. The molecule has 0 aliphatic rings. The van der Waals surface area contributed by atoms with Gasteiger partial charge in [0.2, 0.25) is 5.78 Å². The quantitative estimate of drug-likeness (QED) is 0.628. The van der Waals surface area contributed by atoms with E-state index in [9.17, 15) is 9.59 Å². The van der Waals surface area contributed by atoms with Gasteiger partial charge in [-0.25, -0.2) is 0 Å². The first-order chi connectivity index (χ1) is 8.58. The van der Waals surface area contributed by atoms with E-state index >= 15 is 0 Å². The standard InChI is InChI=1S/C13H8Cl2O3/c14-8-3-4-10(15)9(6-8)11(16)7-12(17)13-2-1-5-18-13/h1-6H,7H2. The molecule has 3 nitrogen and oxygen atoms in total. The summed E-state index contributed by atoms with van der Waals surface area (Å²) in [5, 5.41) is 0.671. The number of hydrogen-bond acceptors (Lipinski definition) is 3. The summed E-state index contributed by atoms with van der Waals surface area (Å²) >= 11 is 11.7. The van der Waals surface area contributed by atoms with Gasteiger partial charge in [0.1, 0.15) is 0 Å². The Morgan fingerprint density at radius 3 is 2.56 bits per heavy atom. The smallest absolute Gasteiger partial charge is 0.205 e. The number of furan rings is 1. The number of ketones is 2. The van der Waals surface area contributed by atoms with E-state index in [2.05, 4.69) is 0 Å². The second kappa shape index (κ2) is 5.38. The summed E-state index contributed by atoms with van der Waals surface area (Å²) in [6.45, 7) is 0. The Morgan fingerprint density at radius 1 is 1.11 bits per heavy atom. The number of halogens is 2. The lowest BCUT2D eigenvalue weighted by Crippen LogP contribution is -2.08. The lowest BCUT2D eigenvalue weighted by molar-refractivity contribution is 0.0878. The van der Waals surface area contributed by atoms with Gasteiger partial charge in [-0.15, -0.1) is 0 Å². The van der Waals surface area contributed by atoms with Gasteiger partial charge < -0.3 is 4.42 Å². The van der Waals surface area contributed by atoms with Crippen LogP contribution in [0.5, 0.6) is 0 Å². The summed E-state index contributed by atoms with van der Waals surface area (Å²) in [6.07, 6.45) is 1.08.